The summed E-state index contributed by atoms with van der Waals surface area (Å²) in [5.41, 5.74) is 0.305. The molecule has 0 bridgehead atoms. The predicted molar refractivity (Wildman–Crippen MR) is 105 cm³/mol. The Kier molecular flexibility index (Phi) is 6.29. The highest BCUT2D eigenvalue weighted by atomic mass is 19.1. The van der Waals surface area contributed by atoms with Crippen LogP contribution in [0.4, 0.5) is 4.39 Å². The molecule has 2 aromatic rings. The molecule has 7 heteroatoms. The van der Waals surface area contributed by atoms with Crippen LogP contribution < -0.4 is 4.74 Å². The molecule has 2 aromatic carbocycles. The van der Waals surface area contributed by atoms with E-state index in [9.17, 15) is 19.1 Å². The molecule has 0 radical (unpaired) electrons. The number of aliphatic hydroxyl groups excluding tert-OH is 1. The average Bonchev–Trinajstić information content (AvgIpc) is 2.98. The van der Waals surface area contributed by atoms with Gasteiger partial charge in [0.25, 0.3) is 11.7 Å². The van der Waals surface area contributed by atoms with Gasteiger partial charge in [-0.25, -0.2) is 4.39 Å². The van der Waals surface area contributed by atoms with E-state index < -0.39 is 23.5 Å². The lowest BCUT2D eigenvalue weighted by Crippen LogP contribution is -2.31. The molecule has 0 aromatic heterocycles. The minimum atomic E-state index is -1.03. The number of nitrogens with zero attached hydrogens (tertiary/aromatic N) is 1. The Morgan fingerprint density at radius 1 is 1.14 bits per heavy atom. The van der Waals surface area contributed by atoms with Crippen molar-refractivity contribution in [2.45, 2.75) is 12.5 Å². The Balaban J connectivity index is 2.15. The van der Waals surface area contributed by atoms with E-state index in [0.717, 1.165) is 0 Å². The first kappa shape index (κ1) is 20.5. The van der Waals surface area contributed by atoms with Gasteiger partial charge in [0.15, 0.2) is 0 Å². The molecule has 1 saturated heterocycles. The van der Waals surface area contributed by atoms with Crippen molar-refractivity contribution in [1.29, 1.82) is 0 Å². The number of likely N-dealkylation sites (tertiary alicyclic amines) is 1. The van der Waals surface area contributed by atoms with E-state index in [4.69, 9.17) is 9.47 Å². The van der Waals surface area contributed by atoms with Gasteiger partial charge in [0.2, 0.25) is 0 Å². The second-order valence-corrected chi connectivity index (χ2v) is 6.59. The Hall–Kier alpha value is -3.19. The largest absolute Gasteiger partial charge is 0.507 e. The minimum absolute atomic E-state index is 0.147. The van der Waals surface area contributed by atoms with Gasteiger partial charge >= 0.3 is 0 Å². The zero-order chi connectivity index (χ0) is 21.0. The van der Waals surface area contributed by atoms with Gasteiger partial charge in [-0.15, -0.1) is 0 Å². The highest BCUT2D eigenvalue weighted by molar-refractivity contribution is 6.46. The molecule has 0 saturated carbocycles. The minimum Gasteiger partial charge on any atom is -0.507 e. The normalized spacial score (nSPS) is 18.3. The summed E-state index contributed by atoms with van der Waals surface area (Å²) in [6, 6.07) is 11.4. The molecule has 0 spiro atoms. The Labute approximate surface area is 168 Å². The zero-order valence-corrected chi connectivity index (χ0v) is 16.2. The number of aliphatic hydroxyl groups is 1. The molecule has 1 N–H and O–H groups in total. The molecule has 3 rings (SSSR count). The first-order chi connectivity index (χ1) is 14.0. The van der Waals surface area contributed by atoms with Crippen LogP contribution >= 0.6 is 0 Å². The van der Waals surface area contributed by atoms with Gasteiger partial charge in [-0.3, -0.25) is 9.59 Å². The molecule has 152 valence electrons. The SMILES string of the molecule is COCCCN1C(=O)C(=O)/C(=C(/O)c2cccc(OC)c2)C1c1ccccc1F. The molecule has 1 fully saturated rings. The van der Waals surface area contributed by atoms with Crippen molar-refractivity contribution < 1.29 is 28.6 Å². The maximum atomic E-state index is 14.6. The molecule has 1 amide bonds. The number of ketones is 1. The van der Waals surface area contributed by atoms with Crippen LogP contribution in [0.15, 0.2) is 54.1 Å². The van der Waals surface area contributed by atoms with Gasteiger partial charge in [-0.05, 0) is 24.6 Å². The van der Waals surface area contributed by atoms with Crippen molar-refractivity contribution >= 4 is 17.4 Å². The third-order valence-corrected chi connectivity index (χ3v) is 4.83. The van der Waals surface area contributed by atoms with Gasteiger partial charge in [0.1, 0.15) is 17.3 Å². The van der Waals surface area contributed by atoms with Crippen molar-refractivity contribution in [1.82, 2.24) is 4.90 Å². The lowest BCUT2D eigenvalue weighted by Gasteiger charge is -2.25. The molecule has 1 atom stereocenters. The number of hydrogen-bond donors (Lipinski definition) is 1. The van der Waals surface area contributed by atoms with Crippen LogP contribution in [-0.4, -0.2) is 49.1 Å². The van der Waals surface area contributed by atoms with Crippen LogP contribution in [0.25, 0.3) is 5.76 Å². The van der Waals surface area contributed by atoms with E-state index in [-0.39, 0.29) is 23.4 Å². The van der Waals surface area contributed by atoms with Crippen molar-refractivity contribution in [2.75, 3.05) is 27.4 Å². The third kappa shape index (κ3) is 4.00. The predicted octanol–water partition coefficient (Wildman–Crippen LogP) is 3.29. The van der Waals surface area contributed by atoms with E-state index in [1.165, 1.54) is 37.3 Å². The Morgan fingerprint density at radius 3 is 2.59 bits per heavy atom. The summed E-state index contributed by atoms with van der Waals surface area (Å²) in [5, 5.41) is 10.9. The van der Waals surface area contributed by atoms with Crippen LogP contribution in [0, 0.1) is 5.82 Å². The summed E-state index contributed by atoms with van der Waals surface area (Å²) >= 11 is 0. The fourth-order valence-electron chi connectivity index (χ4n) is 3.44. The lowest BCUT2D eigenvalue weighted by atomic mass is 9.95. The average molecular weight is 399 g/mol. The zero-order valence-electron chi connectivity index (χ0n) is 16.2. The molecule has 29 heavy (non-hydrogen) atoms. The van der Waals surface area contributed by atoms with Gasteiger partial charge in [-0.2, -0.15) is 0 Å². The quantitative estimate of drug-likeness (QED) is 0.335. The van der Waals surface area contributed by atoms with Gasteiger partial charge in [0, 0.05) is 31.4 Å². The monoisotopic (exact) mass is 399 g/mol. The molecule has 1 aliphatic rings. The number of halogens is 1. The second kappa shape index (κ2) is 8.87. The van der Waals surface area contributed by atoms with E-state index in [1.54, 1.807) is 30.3 Å². The topological polar surface area (TPSA) is 76.1 Å². The molecular weight excluding hydrogens is 377 g/mol. The van der Waals surface area contributed by atoms with Crippen molar-refractivity contribution in [3.8, 4) is 5.75 Å². The van der Waals surface area contributed by atoms with Gasteiger partial charge in [-0.1, -0.05) is 30.3 Å². The molecule has 1 heterocycles. The molecule has 1 unspecified atom stereocenters. The maximum absolute atomic E-state index is 14.6. The fraction of sp³-hybridized carbons (Fsp3) is 0.273. The number of carbonyl (C=O) groups excluding carboxylic acids is 2. The molecule has 0 aliphatic carbocycles. The van der Waals surface area contributed by atoms with E-state index in [2.05, 4.69) is 0 Å². The van der Waals surface area contributed by atoms with Crippen LogP contribution in [0.5, 0.6) is 5.75 Å². The number of methoxy groups -OCH3 is 2. The summed E-state index contributed by atoms with van der Waals surface area (Å²) in [4.78, 5) is 26.8. The van der Waals surface area contributed by atoms with Crippen molar-refractivity contribution in [2.24, 2.45) is 0 Å². The Bertz CT molecular complexity index is 956. The van der Waals surface area contributed by atoms with Crippen LogP contribution in [0.1, 0.15) is 23.6 Å². The molecule has 1 aliphatic heterocycles. The molecular formula is C22H22FNO5. The summed E-state index contributed by atoms with van der Waals surface area (Å²) in [7, 11) is 3.01. The second-order valence-electron chi connectivity index (χ2n) is 6.59. The number of Topliss-reactive ketones (excluding diaryl/α,β-unsaturated/α-hetero) is 1. The van der Waals surface area contributed by atoms with Gasteiger partial charge in [0.05, 0.1) is 18.7 Å². The lowest BCUT2D eigenvalue weighted by molar-refractivity contribution is -0.140. The summed E-state index contributed by atoms with van der Waals surface area (Å²) < 4.78 is 24.8. The van der Waals surface area contributed by atoms with Gasteiger partial charge < -0.3 is 19.5 Å². The highest BCUT2D eigenvalue weighted by Gasteiger charge is 2.46. The van der Waals surface area contributed by atoms with Crippen molar-refractivity contribution in [3.63, 3.8) is 0 Å². The van der Waals surface area contributed by atoms with Crippen LogP contribution in [0.3, 0.4) is 0 Å². The number of carbonyl (C=O) groups is 2. The first-order valence-corrected chi connectivity index (χ1v) is 9.15. The van der Waals surface area contributed by atoms with E-state index in [0.29, 0.717) is 24.3 Å². The number of rotatable bonds is 7. The smallest absolute Gasteiger partial charge is 0.295 e. The number of hydrogen-bond acceptors (Lipinski definition) is 5. The van der Waals surface area contributed by atoms with E-state index in [1.807, 2.05) is 0 Å². The summed E-state index contributed by atoms with van der Waals surface area (Å²) in [6.45, 7) is 0.565. The van der Waals surface area contributed by atoms with Crippen molar-refractivity contribution in [3.05, 3.63) is 71.0 Å². The Morgan fingerprint density at radius 2 is 1.90 bits per heavy atom. The molecule has 6 nitrogen and oxygen atoms in total. The number of amides is 1. The fourth-order valence-corrected chi connectivity index (χ4v) is 3.44. The third-order valence-electron chi connectivity index (χ3n) is 4.83. The first-order valence-electron chi connectivity index (χ1n) is 9.15. The summed E-state index contributed by atoms with van der Waals surface area (Å²) in [5.74, 6) is -2.09. The van der Waals surface area contributed by atoms with Crippen LogP contribution in [0.2, 0.25) is 0 Å². The number of ether oxygens (including phenoxy) is 2. The maximum Gasteiger partial charge on any atom is 0.295 e. The van der Waals surface area contributed by atoms with Crippen LogP contribution in [-0.2, 0) is 14.3 Å². The summed E-state index contributed by atoms with van der Waals surface area (Å²) in [6.07, 6.45) is 0.466. The van der Waals surface area contributed by atoms with E-state index >= 15 is 0 Å². The number of benzene rings is 2. The highest BCUT2D eigenvalue weighted by Crippen LogP contribution is 2.40. The standard InChI is InChI=1S/C22H22FNO5/c1-28-12-6-11-24-19(16-9-3-4-10-17(16)23)18(21(26)22(24)27)20(25)14-7-5-8-15(13-14)29-2/h3-5,7-10,13,19,25H,6,11-12H2,1-2H3/b20-18+.